The third-order valence-corrected chi connectivity index (χ3v) is 7.04. The van der Waals surface area contributed by atoms with Gasteiger partial charge in [0.05, 0.1) is 10.5 Å². The van der Waals surface area contributed by atoms with Crippen LogP contribution < -0.4 is 5.32 Å². The summed E-state index contributed by atoms with van der Waals surface area (Å²) in [6, 6.07) is 0.486. The van der Waals surface area contributed by atoms with Crippen molar-refractivity contribution in [2.24, 2.45) is 5.92 Å². The number of hydrogen-bond acceptors (Lipinski definition) is 4. The Labute approximate surface area is 125 Å². The van der Waals surface area contributed by atoms with Gasteiger partial charge in [0.1, 0.15) is 0 Å². The van der Waals surface area contributed by atoms with Crippen LogP contribution in [0.25, 0.3) is 0 Å². The van der Waals surface area contributed by atoms with E-state index in [0.717, 1.165) is 32.5 Å². The van der Waals surface area contributed by atoms with E-state index in [1.54, 1.807) is 20.8 Å². The lowest BCUT2D eigenvalue weighted by Gasteiger charge is -2.29. The molecule has 0 radical (unpaired) electrons. The first-order valence-corrected chi connectivity index (χ1v) is 9.50. The molecule has 0 bridgehead atoms. The highest BCUT2D eigenvalue weighted by Crippen LogP contribution is 2.17. The summed E-state index contributed by atoms with van der Waals surface area (Å²) >= 11 is 0. The van der Waals surface area contributed by atoms with Gasteiger partial charge in [-0.15, -0.1) is 0 Å². The monoisotopic (exact) mass is 304 g/mol. The lowest BCUT2D eigenvalue weighted by molar-refractivity contribution is 0.248. The van der Waals surface area contributed by atoms with Crippen LogP contribution >= 0.6 is 0 Å². The molecule has 20 heavy (non-hydrogen) atoms. The smallest absolute Gasteiger partial charge is 0.156 e. The van der Waals surface area contributed by atoms with Gasteiger partial charge in [-0.2, -0.15) is 0 Å². The summed E-state index contributed by atoms with van der Waals surface area (Å²) in [6.07, 6.45) is 2.26. The highest BCUT2D eigenvalue weighted by atomic mass is 32.2. The quantitative estimate of drug-likeness (QED) is 0.843. The number of rotatable bonds is 5. The molecule has 0 aromatic rings. The van der Waals surface area contributed by atoms with Crippen LogP contribution in [-0.2, 0) is 9.84 Å². The maximum absolute atomic E-state index is 12.2. The second-order valence-corrected chi connectivity index (χ2v) is 9.89. The minimum absolute atomic E-state index is 0.268. The average Bonchev–Trinajstić information content (AvgIpc) is 2.59. The van der Waals surface area contributed by atoms with E-state index in [2.05, 4.69) is 24.1 Å². The van der Waals surface area contributed by atoms with Crippen molar-refractivity contribution in [2.45, 2.75) is 58.2 Å². The second kappa shape index (κ2) is 7.23. The molecule has 5 heteroatoms. The predicted molar refractivity (Wildman–Crippen MR) is 85.8 cm³/mol. The minimum atomic E-state index is -3.01. The Balaban J connectivity index is 2.58. The SMILES string of the molecule is CCC(C)C1CN(CCS(=O)(=O)C(C)(C)C)CCCN1. The van der Waals surface area contributed by atoms with E-state index < -0.39 is 14.6 Å². The first-order valence-electron chi connectivity index (χ1n) is 7.85. The molecule has 4 nitrogen and oxygen atoms in total. The van der Waals surface area contributed by atoms with Crippen LogP contribution in [0.2, 0.25) is 0 Å². The van der Waals surface area contributed by atoms with Crippen LogP contribution in [0.4, 0.5) is 0 Å². The molecular weight excluding hydrogens is 272 g/mol. The van der Waals surface area contributed by atoms with Crippen molar-refractivity contribution in [3.63, 3.8) is 0 Å². The second-order valence-electron chi connectivity index (χ2n) is 7.03. The van der Waals surface area contributed by atoms with Gasteiger partial charge in [0.25, 0.3) is 0 Å². The highest BCUT2D eigenvalue weighted by Gasteiger charge is 2.30. The molecule has 0 aliphatic carbocycles. The maximum Gasteiger partial charge on any atom is 0.156 e. The van der Waals surface area contributed by atoms with Gasteiger partial charge in [0.2, 0.25) is 0 Å². The summed E-state index contributed by atoms with van der Waals surface area (Å²) in [7, 11) is -3.01. The molecule has 2 atom stereocenters. The summed E-state index contributed by atoms with van der Waals surface area (Å²) < 4.78 is 23.8. The lowest BCUT2D eigenvalue weighted by Crippen LogP contribution is -2.44. The Kier molecular flexibility index (Phi) is 6.48. The molecule has 0 amide bonds. The molecule has 1 rings (SSSR count). The molecule has 1 aliphatic rings. The summed E-state index contributed by atoms with van der Waals surface area (Å²) in [4.78, 5) is 2.32. The normalized spacial score (nSPS) is 24.4. The van der Waals surface area contributed by atoms with Gasteiger partial charge in [-0.3, -0.25) is 0 Å². The van der Waals surface area contributed by atoms with Gasteiger partial charge in [-0.25, -0.2) is 8.42 Å². The van der Waals surface area contributed by atoms with E-state index in [1.165, 1.54) is 0 Å². The summed E-state index contributed by atoms with van der Waals surface area (Å²) in [5, 5.41) is 3.60. The van der Waals surface area contributed by atoms with Crippen LogP contribution in [0.3, 0.4) is 0 Å². The highest BCUT2D eigenvalue weighted by molar-refractivity contribution is 7.92. The van der Waals surface area contributed by atoms with Gasteiger partial charge in [-0.1, -0.05) is 20.3 Å². The van der Waals surface area contributed by atoms with Gasteiger partial charge >= 0.3 is 0 Å². The molecule has 1 heterocycles. The first-order chi connectivity index (χ1) is 9.17. The summed E-state index contributed by atoms with van der Waals surface area (Å²) in [5.41, 5.74) is 0. The van der Waals surface area contributed by atoms with E-state index >= 15 is 0 Å². The van der Waals surface area contributed by atoms with E-state index in [9.17, 15) is 8.42 Å². The minimum Gasteiger partial charge on any atom is -0.312 e. The van der Waals surface area contributed by atoms with Gasteiger partial charge < -0.3 is 10.2 Å². The number of hydrogen-bond donors (Lipinski definition) is 1. The molecule has 0 aromatic carbocycles. The average molecular weight is 305 g/mol. The molecule has 0 spiro atoms. The van der Waals surface area contributed by atoms with Crippen LogP contribution in [0.1, 0.15) is 47.5 Å². The zero-order valence-electron chi connectivity index (χ0n) is 13.8. The van der Waals surface area contributed by atoms with Gasteiger partial charge in [-0.05, 0) is 46.2 Å². The Bertz CT molecular complexity index is 387. The Hall–Kier alpha value is -0.130. The van der Waals surface area contributed by atoms with Crippen molar-refractivity contribution < 1.29 is 8.42 Å². The van der Waals surface area contributed by atoms with Crippen molar-refractivity contribution in [2.75, 3.05) is 31.9 Å². The van der Waals surface area contributed by atoms with E-state index in [1.807, 2.05) is 0 Å². The van der Waals surface area contributed by atoms with Crippen LogP contribution in [0, 0.1) is 5.92 Å². The zero-order chi connectivity index (χ0) is 15.4. The van der Waals surface area contributed by atoms with Crippen molar-refractivity contribution in [1.82, 2.24) is 10.2 Å². The van der Waals surface area contributed by atoms with Crippen molar-refractivity contribution in [3.05, 3.63) is 0 Å². The molecule has 1 saturated heterocycles. The van der Waals surface area contributed by atoms with E-state index in [4.69, 9.17) is 0 Å². The number of sulfone groups is 1. The zero-order valence-corrected chi connectivity index (χ0v) is 14.6. The molecule has 1 aliphatic heterocycles. The molecule has 0 saturated carbocycles. The number of nitrogens with one attached hydrogen (secondary N) is 1. The van der Waals surface area contributed by atoms with Crippen molar-refractivity contribution in [3.8, 4) is 0 Å². The molecule has 120 valence electrons. The third-order valence-electron chi connectivity index (χ3n) is 4.45. The van der Waals surface area contributed by atoms with Crippen molar-refractivity contribution in [1.29, 1.82) is 0 Å². The first kappa shape index (κ1) is 17.9. The largest absolute Gasteiger partial charge is 0.312 e. The maximum atomic E-state index is 12.2. The third kappa shape index (κ3) is 5.01. The fourth-order valence-corrected chi connectivity index (χ4v) is 3.56. The lowest BCUT2D eigenvalue weighted by atomic mass is 9.99. The number of nitrogens with zero attached hydrogens (tertiary/aromatic N) is 1. The molecular formula is C15H32N2O2S. The predicted octanol–water partition coefficient (Wildman–Crippen LogP) is 1.91. The van der Waals surface area contributed by atoms with Crippen LogP contribution in [0.15, 0.2) is 0 Å². The van der Waals surface area contributed by atoms with Crippen LogP contribution in [-0.4, -0.2) is 56.0 Å². The standard InChI is InChI=1S/C15H32N2O2S/c1-6-13(2)14-12-17(9-7-8-16-14)10-11-20(18,19)15(3,4)5/h13-14,16H,6-12H2,1-5H3. The van der Waals surface area contributed by atoms with Gasteiger partial charge in [0, 0.05) is 19.1 Å². The van der Waals surface area contributed by atoms with Gasteiger partial charge in [0.15, 0.2) is 9.84 Å². The van der Waals surface area contributed by atoms with E-state index in [0.29, 0.717) is 18.5 Å². The molecule has 2 unspecified atom stereocenters. The molecule has 0 aromatic heterocycles. The van der Waals surface area contributed by atoms with Crippen LogP contribution in [0.5, 0.6) is 0 Å². The Morgan fingerprint density at radius 2 is 2.00 bits per heavy atom. The Morgan fingerprint density at radius 3 is 2.55 bits per heavy atom. The summed E-state index contributed by atoms with van der Waals surface area (Å²) in [6.45, 7) is 13.5. The fourth-order valence-electron chi connectivity index (χ4n) is 2.45. The Morgan fingerprint density at radius 1 is 1.35 bits per heavy atom. The van der Waals surface area contributed by atoms with Crippen molar-refractivity contribution >= 4 is 9.84 Å². The molecule has 1 N–H and O–H groups in total. The summed E-state index contributed by atoms with van der Waals surface area (Å²) in [5.74, 6) is 0.902. The fraction of sp³-hybridized carbons (Fsp3) is 1.00. The van der Waals surface area contributed by atoms with E-state index in [-0.39, 0.29) is 5.75 Å². The topological polar surface area (TPSA) is 49.4 Å². The molecule has 1 fully saturated rings.